The van der Waals surface area contributed by atoms with E-state index < -0.39 is 22.9 Å². The predicted octanol–water partition coefficient (Wildman–Crippen LogP) is 0.569. The van der Waals surface area contributed by atoms with Gasteiger partial charge in [0.25, 0.3) is 0 Å². The summed E-state index contributed by atoms with van der Waals surface area (Å²) in [5.74, 6) is -2.25. The van der Waals surface area contributed by atoms with Gasteiger partial charge in [-0.3, -0.25) is 4.79 Å². The molecule has 0 fully saturated rings. The molecule has 0 aliphatic rings. The molecule has 0 atom stereocenters. The Kier molecular flexibility index (Phi) is 3.67. The molecule has 92 valence electrons. The second kappa shape index (κ2) is 4.82. The molecule has 6 nitrogen and oxygen atoms in total. The molecule has 1 rings (SSSR count). The molecular formula is C11H13NO5. The van der Waals surface area contributed by atoms with Crippen molar-refractivity contribution in [1.82, 2.24) is 4.57 Å². The number of rotatable bonds is 3. The standard InChI is InChI=1S/C11H13NO5/c1-4-17-11(16)9-8(10(14)15)7(13)5-6(2)12(9)3/h5H,4H2,1-3H3,(H,14,15). The lowest BCUT2D eigenvalue weighted by Gasteiger charge is -2.13. The minimum absolute atomic E-state index is 0.111. The van der Waals surface area contributed by atoms with E-state index in [0.29, 0.717) is 5.69 Å². The fourth-order valence-electron chi connectivity index (χ4n) is 1.46. The number of hydrogen-bond acceptors (Lipinski definition) is 4. The van der Waals surface area contributed by atoms with Crippen molar-refractivity contribution in [3.8, 4) is 0 Å². The largest absolute Gasteiger partial charge is 0.477 e. The normalized spacial score (nSPS) is 10.1. The van der Waals surface area contributed by atoms with Gasteiger partial charge >= 0.3 is 11.9 Å². The number of carbonyl (C=O) groups excluding carboxylic acids is 1. The lowest BCUT2D eigenvalue weighted by Crippen LogP contribution is -2.27. The molecule has 0 aliphatic carbocycles. The maximum atomic E-state index is 11.6. The number of esters is 1. The average molecular weight is 239 g/mol. The number of aryl methyl sites for hydroxylation is 1. The summed E-state index contributed by atoms with van der Waals surface area (Å²) < 4.78 is 6.08. The van der Waals surface area contributed by atoms with Gasteiger partial charge in [-0.2, -0.15) is 0 Å². The summed E-state index contributed by atoms with van der Waals surface area (Å²) in [5.41, 5.74) is -1.000. The molecule has 0 saturated heterocycles. The molecule has 1 N–H and O–H groups in total. The van der Waals surface area contributed by atoms with Gasteiger partial charge in [-0.05, 0) is 13.8 Å². The minimum atomic E-state index is -1.44. The smallest absolute Gasteiger partial charge is 0.355 e. The Morgan fingerprint density at radius 2 is 2.06 bits per heavy atom. The summed E-state index contributed by atoms with van der Waals surface area (Å²) in [5, 5.41) is 8.96. The SMILES string of the molecule is CCOC(=O)c1c(C(=O)O)c(=O)cc(C)n1C. The number of hydrogen-bond donors (Lipinski definition) is 1. The number of ether oxygens (including phenoxy) is 1. The third-order valence-electron chi connectivity index (χ3n) is 2.37. The van der Waals surface area contributed by atoms with Crippen molar-refractivity contribution < 1.29 is 19.4 Å². The van der Waals surface area contributed by atoms with Crippen molar-refractivity contribution in [2.24, 2.45) is 7.05 Å². The number of carboxylic acid groups (broad SMARTS) is 1. The average Bonchev–Trinajstić information content (AvgIpc) is 2.22. The zero-order valence-electron chi connectivity index (χ0n) is 9.81. The van der Waals surface area contributed by atoms with E-state index >= 15 is 0 Å². The van der Waals surface area contributed by atoms with Gasteiger partial charge in [0, 0.05) is 18.8 Å². The van der Waals surface area contributed by atoms with E-state index in [1.807, 2.05) is 0 Å². The first-order valence-electron chi connectivity index (χ1n) is 5.01. The summed E-state index contributed by atoms with van der Waals surface area (Å²) in [6.07, 6.45) is 0. The van der Waals surface area contributed by atoms with Gasteiger partial charge in [-0.25, -0.2) is 9.59 Å². The second-order valence-electron chi connectivity index (χ2n) is 3.46. The van der Waals surface area contributed by atoms with E-state index in [9.17, 15) is 14.4 Å². The highest BCUT2D eigenvalue weighted by Gasteiger charge is 2.24. The topological polar surface area (TPSA) is 85.6 Å². The first kappa shape index (κ1) is 13.0. The van der Waals surface area contributed by atoms with Gasteiger partial charge < -0.3 is 14.4 Å². The zero-order chi connectivity index (χ0) is 13.2. The second-order valence-corrected chi connectivity index (χ2v) is 3.46. The molecule has 0 aliphatic heterocycles. The van der Waals surface area contributed by atoms with Gasteiger partial charge in [0.15, 0.2) is 5.43 Å². The summed E-state index contributed by atoms with van der Waals surface area (Å²) in [6, 6.07) is 1.17. The van der Waals surface area contributed by atoms with Crippen molar-refractivity contribution in [3.63, 3.8) is 0 Å². The Balaban J connectivity index is 3.59. The van der Waals surface area contributed by atoms with Crippen LogP contribution in [-0.2, 0) is 11.8 Å². The highest BCUT2D eigenvalue weighted by molar-refractivity contribution is 6.01. The van der Waals surface area contributed by atoms with E-state index in [-0.39, 0.29) is 12.3 Å². The Morgan fingerprint density at radius 1 is 1.47 bits per heavy atom. The quantitative estimate of drug-likeness (QED) is 0.779. The molecule has 1 heterocycles. The van der Waals surface area contributed by atoms with Crippen molar-refractivity contribution in [1.29, 1.82) is 0 Å². The molecule has 1 aromatic rings. The van der Waals surface area contributed by atoms with Gasteiger partial charge in [0.05, 0.1) is 6.61 Å². The first-order valence-corrected chi connectivity index (χ1v) is 5.01. The van der Waals surface area contributed by atoms with Crippen LogP contribution in [0.1, 0.15) is 33.5 Å². The molecule has 0 amide bonds. The number of aromatic nitrogens is 1. The summed E-state index contributed by atoms with van der Waals surface area (Å²) in [7, 11) is 1.51. The van der Waals surface area contributed by atoms with Crippen LogP contribution >= 0.6 is 0 Å². The minimum Gasteiger partial charge on any atom is -0.477 e. The monoisotopic (exact) mass is 239 g/mol. The van der Waals surface area contributed by atoms with E-state index in [1.165, 1.54) is 17.7 Å². The molecule has 0 bridgehead atoms. The Hall–Kier alpha value is -2.11. The fraction of sp³-hybridized carbons (Fsp3) is 0.364. The molecule has 0 spiro atoms. The number of carbonyl (C=O) groups is 2. The van der Waals surface area contributed by atoms with Gasteiger partial charge in [-0.1, -0.05) is 0 Å². The molecule has 1 aromatic heterocycles. The molecular weight excluding hydrogens is 226 g/mol. The van der Waals surface area contributed by atoms with Crippen LogP contribution in [0.15, 0.2) is 10.9 Å². The van der Waals surface area contributed by atoms with Crippen LogP contribution in [0.5, 0.6) is 0 Å². The zero-order valence-corrected chi connectivity index (χ0v) is 9.81. The number of pyridine rings is 1. The van der Waals surface area contributed by atoms with E-state index in [1.54, 1.807) is 13.8 Å². The Bertz CT molecular complexity index is 529. The Morgan fingerprint density at radius 3 is 2.53 bits per heavy atom. The third-order valence-corrected chi connectivity index (χ3v) is 2.37. The molecule has 0 saturated carbocycles. The van der Waals surface area contributed by atoms with E-state index in [4.69, 9.17) is 9.84 Å². The van der Waals surface area contributed by atoms with Crippen LogP contribution < -0.4 is 5.43 Å². The summed E-state index contributed by atoms with van der Waals surface area (Å²) in [4.78, 5) is 34.2. The molecule has 0 aromatic carbocycles. The van der Waals surface area contributed by atoms with Crippen molar-refractivity contribution >= 4 is 11.9 Å². The lowest BCUT2D eigenvalue weighted by atomic mass is 10.1. The highest BCUT2D eigenvalue weighted by atomic mass is 16.5. The summed E-state index contributed by atoms with van der Waals surface area (Å²) >= 11 is 0. The van der Waals surface area contributed by atoms with Crippen molar-refractivity contribution in [2.75, 3.05) is 6.61 Å². The third kappa shape index (κ3) is 2.35. The van der Waals surface area contributed by atoms with Crippen LogP contribution in [0.3, 0.4) is 0 Å². The van der Waals surface area contributed by atoms with E-state index in [2.05, 4.69) is 0 Å². The Labute approximate surface area is 97.4 Å². The van der Waals surface area contributed by atoms with Gasteiger partial charge in [0.2, 0.25) is 0 Å². The number of carboxylic acids is 1. The van der Waals surface area contributed by atoms with E-state index in [0.717, 1.165) is 0 Å². The fourth-order valence-corrected chi connectivity index (χ4v) is 1.46. The van der Waals surface area contributed by atoms with Crippen LogP contribution in [0.4, 0.5) is 0 Å². The molecule has 0 unspecified atom stereocenters. The predicted molar refractivity (Wildman–Crippen MR) is 59.3 cm³/mol. The summed E-state index contributed by atoms with van der Waals surface area (Å²) in [6.45, 7) is 3.32. The maximum absolute atomic E-state index is 11.6. The van der Waals surface area contributed by atoms with Crippen LogP contribution in [0.25, 0.3) is 0 Å². The van der Waals surface area contributed by atoms with Gasteiger partial charge in [0.1, 0.15) is 11.3 Å². The number of nitrogens with zero attached hydrogens (tertiary/aromatic N) is 1. The number of aromatic carboxylic acids is 1. The molecule has 17 heavy (non-hydrogen) atoms. The lowest BCUT2D eigenvalue weighted by molar-refractivity contribution is 0.0500. The van der Waals surface area contributed by atoms with Crippen LogP contribution in [-0.4, -0.2) is 28.2 Å². The first-order chi connectivity index (χ1) is 7.90. The maximum Gasteiger partial charge on any atom is 0.355 e. The highest BCUT2D eigenvalue weighted by Crippen LogP contribution is 2.09. The van der Waals surface area contributed by atoms with Gasteiger partial charge in [-0.15, -0.1) is 0 Å². The van der Waals surface area contributed by atoms with Crippen molar-refractivity contribution in [2.45, 2.75) is 13.8 Å². The molecule has 0 radical (unpaired) electrons. The van der Waals surface area contributed by atoms with Crippen LogP contribution in [0, 0.1) is 6.92 Å². The molecule has 6 heteroatoms. The van der Waals surface area contributed by atoms with Crippen LogP contribution in [0.2, 0.25) is 0 Å². The van der Waals surface area contributed by atoms with Crippen molar-refractivity contribution in [3.05, 3.63) is 33.2 Å².